The van der Waals surface area contributed by atoms with Gasteiger partial charge in [-0.2, -0.15) is 0 Å². The van der Waals surface area contributed by atoms with Crippen LogP contribution in [0.4, 0.5) is 0 Å². The van der Waals surface area contributed by atoms with Crippen molar-refractivity contribution in [2.75, 3.05) is 26.4 Å². The minimum absolute atomic E-state index is 0.00480. The molecule has 0 heterocycles. The van der Waals surface area contributed by atoms with Crippen molar-refractivity contribution in [2.45, 2.75) is 33.6 Å². The second-order valence-electron chi connectivity index (χ2n) is 8.10. The number of hydrogen-bond acceptors (Lipinski definition) is 4. The second-order valence-corrected chi connectivity index (χ2v) is 9.34. The lowest BCUT2D eigenvalue weighted by atomic mass is 9.82. The first kappa shape index (κ1) is 24.6. The number of aliphatic hydroxyl groups is 2. The Labute approximate surface area is 204 Å². The summed E-state index contributed by atoms with van der Waals surface area (Å²) in [5.41, 5.74) is 7.83. The van der Waals surface area contributed by atoms with E-state index in [4.69, 9.17) is 19.7 Å². The van der Waals surface area contributed by atoms with Crippen molar-refractivity contribution in [1.29, 1.82) is 0 Å². The predicted octanol–water partition coefficient (Wildman–Crippen LogP) is 5.45. The van der Waals surface area contributed by atoms with Gasteiger partial charge in [0.15, 0.2) is 0 Å². The summed E-state index contributed by atoms with van der Waals surface area (Å²) >= 11 is 2.33. The molecule has 0 saturated heterocycles. The van der Waals surface area contributed by atoms with Gasteiger partial charge in [-0.3, -0.25) is 0 Å². The van der Waals surface area contributed by atoms with E-state index in [-0.39, 0.29) is 32.3 Å². The van der Waals surface area contributed by atoms with Gasteiger partial charge in [-0.25, -0.2) is 0 Å². The molecular weight excluding hydrogens is 515 g/mol. The van der Waals surface area contributed by atoms with Crippen LogP contribution in [0.5, 0.6) is 11.5 Å². The first-order chi connectivity index (χ1) is 15.3. The zero-order valence-corrected chi connectivity index (χ0v) is 21.3. The van der Waals surface area contributed by atoms with Gasteiger partial charge in [0.2, 0.25) is 0 Å². The van der Waals surface area contributed by atoms with Gasteiger partial charge in [-0.1, -0.05) is 36.4 Å². The Morgan fingerprint density at radius 3 is 1.38 bits per heavy atom. The zero-order chi connectivity index (χ0) is 23.3. The van der Waals surface area contributed by atoms with Crippen LogP contribution < -0.4 is 9.47 Å². The van der Waals surface area contributed by atoms with Gasteiger partial charge in [-0.15, -0.1) is 0 Å². The molecule has 0 bridgehead atoms. The highest BCUT2D eigenvalue weighted by Gasteiger charge is 2.21. The number of benzene rings is 3. The van der Waals surface area contributed by atoms with Gasteiger partial charge >= 0.3 is 0 Å². The van der Waals surface area contributed by atoms with Crippen LogP contribution in [0.3, 0.4) is 0 Å². The van der Waals surface area contributed by atoms with Crippen LogP contribution in [-0.2, 0) is 0 Å². The Bertz CT molecular complexity index is 950. The predicted molar refractivity (Wildman–Crippen MR) is 137 cm³/mol. The molecule has 0 aromatic heterocycles. The fraction of sp³-hybridized carbons (Fsp3) is 0.333. The second kappa shape index (κ2) is 11.2. The molecule has 0 spiro atoms. The average Bonchev–Trinajstić information content (AvgIpc) is 2.74. The number of rotatable bonds is 9. The van der Waals surface area contributed by atoms with Gasteiger partial charge < -0.3 is 19.7 Å². The van der Waals surface area contributed by atoms with Gasteiger partial charge in [0, 0.05) is 9.49 Å². The molecule has 0 aliphatic heterocycles. The molecule has 0 saturated carbocycles. The maximum Gasteiger partial charge on any atom is 0.125 e. The summed E-state index contributed by atoms with van der Waals surface area (Å²) in [5.74, 6) is 1.73. The Morgan fingerprint density at radius 2 is 1.03 bits per heavy atom. The Balaban J connectivity index is 2.13. The summed E-state index contributed by atoms with van der Waals surface area (Å²) in [6.07, 6.45) is 0. The molecule has 0 fully saturated rings. The molecule has 4 nitrogen and oxygen atoms in total. The highest BCUT2D eigenvalue weighted by molar-refractivity contribution is 14.1. The van der Waals surface area contributed by atoms with Gasteiger partial charge in [0.25, 0.3) is 0 Å². The van der Waals surface area contributed by atoms with Crippen molar-refractivity contribution in [3.8, 4) is 11.5 Å². The SMILES string of the molecule is Cc1cc(C(c2ccc(I)cc2)c2cc(C)c(OCCO)c(C)c2)cc(C)c1OCCO. The first-order valence-corrected chi connectivity index (χ1v) is 11.9. The largest absolute Gasteiger partial charge is 0.491 e. The summed E-state index contributed by atoms with van der Waals surface area (Å²) in [6, 6.07) is 17.4. The van der Waals surface area contributed by atoms with Crippen LogP contribution in [0.2, 0.25) is 0 Å². The minimum Gasteiger partial charge on any atom is -0.491 e. The van der Waals surface area contributed by atoms with E-state index in [1.165, 1.54) is 20.3 Å². The zero-order valence-electron chi connectivity index (χ0n) is 19.1. The molecule has 3 aromatic rings. The molecule has 5 heteroatoms. The third kappa shape index (κ3) is 5.63. The van der Waals surface area contributed by atoms with Gasteiger partial charge in [-0.05, 0) is 101 Å². The summed E-state index contributed by atoms with van der Waals surface area (Å²) in [7, 11) is 0. The monoisotopic (exact) mass is 546 g/mol. The number of aryl methyl sites for hydroxylation is 4. The van der Waals surface area contributed by atoms with E-state index in [2.05, 4.69) is 98.8 Å². The van der Waals surface area contributed by atoms with E-state index < -0.39 is 0 Å². The van der Waals surface area contributed by atoms with Gasteiger partial charge in [0.1, 0.15) is 24.7 Å². The summed E-state index contributed by atoms with van der Waals surface area (Å²) in [6.45, 7) is 8.77. The summed E-state index contributed by atoms with van der Waals surface area (Å²) < 4.78 is 12.8. The lowest BCUT2D eigenvalue weighted by Gasteiger charge is -2.23. The Kier molecular flexibility index (Phi) is 8.57. The van der Waals surface area contributed by atoms with Crippen LogP contribution in [0.25, 0.3) is 0 Å². The lowest BCUT2D eigenvalue weighted by molar-refractivity contribution is 0.200. The summed E-state index contributed by atoms with van der Waals surface area (Å²) in [4.78, 5) is 0. The van der Waals surface area contributed by atoms with E-state index in [1.807, 2.05) is 0 Å². The number of halogens is 1. The first-order valence-electron chi connectivity index (χ1n) is 10.8. The smallest absolute Gasteiger partial charge is 0.125 e. The standard InChI is InChI=1S/C27H31IO4/c1-17-13-22(14-18(2)26(17)31-11-9-29)25(21-5-7-24(28)8-6-21)23-15-19(3)27(20(4)16-23)32-12-10-30/h5-8,13-16,25,29-30H,9-12H2,1-4H3. The molecule has 0 atom stereocenters. The third-order valence-corrected chi connectivity index (χ3v) is 6.23. The highest BCUT2D eigenvalue weighted by atomic mass is 127. The molecule has 170 valence electrons. The normalized spacial score (nSPS) is 11.1. The lowest BCUT2D eigenvalue weighted by Crippen LogP contribution is -2.09. The Hall–Kier alpha value is -2.09. The fourth-order valence-electron chi connectivity index (χ4n) is 4.28. The van der Waals surface area contributed by atoms with Crippen molar-refractivity contribution in [2.24, 2.45) is 0 Å². The highest BCUT2D eigenvalue weighted by Crippen LogP contribution is 2.38. The molecule has 3 aromatic carbocycles. The molecular formula is C27H31IO4. The van der Waals surface area contributed by atoms with E-state index in [0.717, 1.165) is 33.8 Å². The van der Waals surface area contributed by atoms with E-state index in [0.29, 0.717) is 0 Å². The van der Waals surface area contributed by atoms with Crippen LogP contribution in [-0.4, -0.2) is 36.6 Å². The van der Waals surface area contributed by atoms with E-state index >= 15 is 0 Å². The Morgan fingerprint density at radius 1 is 0.656 bits per heavy atom. The third-order valence-electron chi connectivity index (χ3n) is 5.51. The number of ether oxygens (including phenoxy) is 2. The topological polar surface area (TPSA) is 58.9 Å². The van der Waals surface area contributed by atoms with Crippen molar-refractivity contribution in [1.82, 2.24) is 0 Å². The number of aliphatic hydroxyl groups excluding tert-OH is 2. The average molecular weight is 546 g/mol. The maximum atomic E-state index is 9.15. The van der Waals surface area contributed by atoms with Crippen LogP contribution in [0, 0.1) is 31.3 Å². The fourth-order valence-corrected chi connectivity index (χ4v) is 4.64. The molecule has 2 N–H and O–H groups in total. The quantitative estimate of drug-likeness (QED) is 0.277. The van der Waals surface area contributed by atoms with Crippen LogP contribution in [0.1, 0.15) is 44.9 Å². The van der Waals surface area contributed by atoms with Crippen molar-refractivity contribution < 1.29 is 19.7 Å². The van der Waals surface area contributed by atoms with Crippen molar-refractivity contribution in [3.63, 3.8) is 0 Å². The molecule has 0 aliphatic rings. The molecule has 3 rings (SSSR count). The maximum absolute atomic E-state index is 9.15. The summed E-state index contributed by atoms with van der Waals surface area (Å²) in [5, 5.41) is 18.3. The van der Waals surface area contributed by atoms with Gasteiger partial charge in [0.05, 0.1) is 13.2 Å². The van der Waals surface area contributed by atoms with Crippen LogP contribution in [0.15, 0.2) is 48.5 Å². The molecule has 0 amide bonds. The molecule has 0 radical (unpaired) electrons. The molecule has 0 aliphatic carbocycles. The van der Waals surface area contributed by atoms with Crippen LogP contribution >= 0.6 is 22.6 Å². The van der Waals surface area contributed by atoms with E-state index in [9.17, 15) is 0 Å². The molecule has 32 heavy (non-hydrogen) atoms. The molecule has 0 unspecified atom stereocenters. The van der Waals surface area contributed by atoms with Crippen molar-refractivity contribution in [3.05, 3.63) is 91.0 Å². The van der Waals surface area contributed by atoms with Crippen molar-refractivity contribution >= 4 is 22.6 Å². The van der Waals surface area contributed by atoms with E-state index in [1.54, 1.807) is 0 Å². The number of hydrogen-bond donors (Lipinski definition) is 2. The minimum atomic E-state index is -0.00480.